The zero-order valence-electron chi connectivity index (χ0n) is 52.6. The summed E-state index contributed by atoms with van der Waals surface area (Å²) >= 11 is 22.2. The van der Waals surface area contributed by atoms with Gasteiger partial charge >= 0.3 is 35.0 Å². The Kier molecular flexibility index (Phi) is 38.8. The van der Waals surface area contributed by atoms with Gasteiger partial charge in [0.05, 0.1) is 0 Å². The van der Waals surface area contributed by atoms with Crippen LogP contribution in [0.3, 0.4) is 0 Å². The van der Waals surface area contributed by atoms with Crippen molar-refractivity contribution in [1.82, 2.24) is 0 Å². The van der Waals surface area contributed by atoms with Gasteiger partial charge in [-0.25, -0.2) is 0 Å². The molecule has 11 aromatic rings. The molecule has 91 heavy (non-hydrogen) atoms. The second kappa shape index (κ2) is 43.1. The van der Waals surface area contributed by atoms with E-state index in [4.69, 9.17) is 25.5 Å². The summed E-state index contributed by atoms with van der Waals surface area (Å²) in [7, 11) is 8.74. The third-order valence-electron chi connectivity index (χ3n) is 11.4. The van der Waals surface area contributed by atoms with E-state index in [1.807, 2.05) is 53.6 Å². The van der Waals surface area contributed by atoms with E-state index in [1.165, 1.54) is 46.8 Å². The van der Waals surface area contributed by atoms with Crippen molar-refractivity contribution in [1.29, 1.82) is 0 Å². The number of hydrogen-bond donors (Lipinski definition) is 0. The minimum Gasteiger partial charge on any atom is -0.0622 e. The van der Waals surface area contributed by atoms with Crippen LogP contribution in [0, 0.1) is 52.3 Å². The van der Waals surface area contributed by atoms with Gasteiger partial charge in [-0.1, -0.05) is 234 Å². The maximum absolute atomic E-state index is 5.06. The SMILES string of the molecule is Brc1cscc1Br.C.C#CC(C)(C)C.CC(C)(C)C#Cc1cscc1Br.CC(C)(C)C#Cc1cscc1Br.CC(C)(C)c1cc2cscc2s1.[Cl][Pd][Cl].c1ccc(P(c2ccccc2)c2ccccc2)cc1.c1ccc(P(c2ccccc2)c2ccccc2)cc1. The monoisotopic (exact) mass is 1720 g/mol. The van der Waals surface area contributed by atoms with Gasteiger partial charge in [-0.05, 0) is 191 Å². The number of rotatable bonds is 6. The maximum Gasteiger partial charge on any atom is -0.0134 e. The Morgan fingerprint density at radius 1 is 0.385 bits per heavy atom. The van der Waals surface area contributed by atoms with Crippen LogP contribution >= 0.6 is 155 Å². The molecule has 0 fully saturated rings. The minimum atomic E-state index is -0.446. The van der Waals surface area contributed by atoms with Gasteiger partial charge in [0.15, 0.2) is 0 Å². The molecule has 0 saturated carbocycles. The van der Waals surface area contributed by atoms with Crippen LogP contribution in [0.1, 0.15) is 107 Å². The van der Waals surface area contributed by atoms with Gasteiger partial charge in [0.25, 0.3) is 0 Å². The van der Waals surface area contributed by atoms with Crippen molar-refractivity contribution in [3.05, 3.63) is 265 Å². The number of benzene rings is 6. The molecule has 0 saturated heterocycles. The van der Waals surface area contributed by atoms with Gasteiger partial charge < -0.3 is 0 Å². The van der Waals surface area contributed by atoms with Crippen LogP contribution in [-0.4, -0.2) is 0 Å². The van der Waals surface area contributed by atoms with Gasteiger partial charge in [-0.15, -0.1) is 46.4 Å². The van der Waals surface area contributed by atoms with Crippen molar-refractivity contribution < 1.29 is 15.9 Å². The molecule has 0 N–H and O–H groups in total. The molecule has 0 aliphatic carbocycles. The Morgan fingerprint density at radius 2 is 0.637 bits per heavy atom. The average molecular weight is 1720 g/mol. The predicted octanol–water partition coefficient (Wildman–Crippen LogP) is 25.9. The quantitative estimate of drug-likeness (QED) is 0.0884. The van der Waals surface area contributed by atoms with Gasteiger partial charge in [-0.2, -0.15) is 22.7 Å². The molecule has 0 aliphatic rings. The molecule has 0 spiro atoms. The van der Waals surface area contributed by atoms with E-state index in [-0.39, 0.29) is 39.6 Å². The summed E-state index contributed by atoms with van der Waals surface area (Å²) < 4.78 is 5.91. The fourth-order valence-corrected chi connectivity index (χ4v) is 18.1. The van der Waals surface area contributed by atoms with Crippen LogP contribution in [0.5, 0.6) is 0 Å². The van der Waals surface area contributed by atoms with Crippen molar-refractivity contribution in [2.45, 2.75) is 95.9 Å². The van der Waals surface area contributed by atoms with Crippen molar-refractivity contribution in [2.75, 3.05) is 0 Å². The van der Waals surface area contributed by atoms with Crippen molar-refractivity contribution in [3.8, 4) is 36.0 Å². The van der Waals surface area contributed by atoms with Crippen molar-refractivity contribution >= 4 is 197 Å². The number of terminal acetylenes is 1. The Labute approximate surface area is 619 Å². The van der Waals surface area contributed by atoms with Crippen molar-refractivity contribution in [3.63, 3.8) is 0 Å². The molecule has 5 aromatic heterocycles. The Balaban J connectivity index is 0.000000283. The molecule has 0 aliphatic heterocycles. The maximum atomic E-state index is 5.06. The zero-order chi connectivity index (χ0) is 66.2. The first-order chi connectivity index (χ1) is 42.7. The number of fused-ring (bicyclic) bond motifs is 1. The van der Waals surface area contributed by atoms with Gasteiger partial charge in [0, 0.05) is 97.9 Å². The third kappa shape index (κ3) is 32.9. The molecule has 0 nitrogen and oxygen atoms in total. The standard InChI is InChI=1S/2C18H15P.2C10H11BrS.C10H12S2.C6H10.C4H2Br2S.CH4.2ClH.Pd/c2*1-4-10-16(11-5-1)19(17-12-6-2-7-13-17)18-14-8-3-9-15-18;2*1-10(2,3)5-4-8-6-12-7-9(8)11;1-10(2,3)9-4-7-5-11-6-8(7)12-9;1-5-6(2,3)4;5-3-1-7-2-4(3)6;;;;/h2*1-15H;2*6-7H,1-3H3;4-6H,1-3H3;1H,2-4H3;1-2H;1H4;2*1H;/q;;;;;;;;;;+2/p-2. The van der Waals surface area contributed by atoms with E-state index in [1.54, 1.807) is 45.3 Å². The predicted molar refractivity (Wildman–Crippen MR) is 432 cm³/mol. The van der Waals surface area contributed by atoms with Crippen LogP contribution < -0.4 is 31.8 Å². The molecule has 0 radical (unpaired) electrons. The first kappa shape index (κ1) is 82.0. The molecule has 5 heterocycles. The Bertz CT molecular complexity index is 3490. The third-order valence-corrected chi connectivity index (χ3v) is 25.3. The smallest absolute Gasteiger partial charge is 0.0134 e. The van der Waals surface area contributed by atoms with Crippen molar-refractivity contribution in [2.24, 2.45) is 16.2 Å². The number of halogens is 6. The summed E-state index contributed by atoms with van der Waals surface area (Å²) in [6, 6.07) is 67.0. The van der Waals surface area contributed by atoms with E-state index in [9.17, 15) is 0 Å². The first-order valence-electron chi connectivity index (χ1n) is 28.3. The zero-order valence-corrected chi connectivity index (χ0v) is 67.9. The molecular formula is C77H80Br4Cl2P2PdS5. The summed E-state index contributed by atoms with van der Waals surface area (Å²) in [5.41, 5.74) is 2.73. The molecule has 6 aromatic carbocycles. The molecule has 480 valence electrons. The van der Waals surface area contributed by atoms with Crippen LogP contribution in [0.2, 0.25) is 0 Å². The van der Waals surface area contributed by atoms with Gasteiger partial charge in [0.1, 0.15) is 0 Å². The first-order valence-corrected chi connectivity index (χ1v) is 42.7. The summed E-state index contributed by atoms with van der Waals surface area (Å²) in [5.74, 6) is 15.3. The molecule has 0 unspecified atom stereocenters. The minimum absolute atomic E-state index is 0. The van der Waals surface area contributed by atoms with Gasteiger partial charge in [-0.3, -0.25) is 0 Å². The fourth-order valence-electron chi connectivity index (χ4n) is 7.02. The van der Waals surface area contributed by atoms with Crippen LogP contribution in [0.15, 0.2) is 249 Å². The molecule has 14 heteroatoms. The molecule has 11 rings (SSSR count). The largest absolute Gasteiger partial charge is 0.0622 e. The molecule has 0 amide bonds. The van der Waals surface area contributed by atoms with Crippen LogP contribution in [-0.2, 0) is 21.4 Å². The van der Waals surface area contributed by atoms with E-state index in [0.29, 0.717) is 5.41 Å². The van der Waals surface area contributed by atoms with Gasteiger partial charge in [0.2, 0.25) is 0 Å². The molecule has 0 atom stereocenters. The summed E-state index contributed by atoms with van der Waals surface area (Å²) in [6.45, 7) is 25.5. The van der Waals surface area contributed by atoms with Crippen LogP contribution in [0.4, 0.5) is 0 Å². The van der Waals surface area contributed by atoms with E-state index in [0.717, 1.165) is 29.0 Å². The fraction of sp³-hybridized carbons (Fsp3) is 0.221. The summed E-state index contributed by atoms with van der Waals surface area (Å²) in [4.78, 5) is 1.49. The van der Waals surface area contributed by atoms with E-state index < -0.39 is 15.8 Å². The number of hydrogen-bond acceptors (Lipinski definition) is 5. The second-order valence-corrected chi connectivity index (χ2v) is 37.8. The average Bonchev–Trinajstić information content (AvgIpc) is 1.79. The summed E-state index contributed by atoms with van der Waals surface area (Å²) in [6.07, 6.45) is 5.06. The topological polar surface area (TPSA) is 0 Å². The van der Waals surface area contributed by atoms with E-state index in [2.05, 4.69) is 365 Å². The number of thiophene rings is 5. The normalized spacial score (nSPS) is 10.5. The van der Waals surface area contributed by atoms with Crippen LogP contribution in [0.25, 0.3) is 10.1 Å². The Hall–Kier alpha value is -3.22. The van der Waals surface area contributed by atoms with E-state index >= 15 is 0 Å². The Morgan fingerprint density at radius 3 is 0.835 bits per heavy atom. The second-order valence-electron chi connectivity index (χ2n) is 23.5. The molecule has 0 bridgehead atoms. The molecular weight excluding hydrogens is 1640 g/mol. The summed E-state index contributed by atoms with van der Waals surface area (Å²) in [5, 5.41) is 26.5.